The van der Waals surface area contributed by atoms with Crippen LogP contribution in [-0.2, 0) is 17.9 Å². The zero-order chi connectivity index (χ0) is 10.7. The number of carbonyl (C=O) groups excluding carboxylic acids is 1. The summed E-state index contributed by atoms with van der Waals surface area (Å²) in [5, 5.41) is 8.98. The number of hydrogen-bond acceptors (Lipinski definition) is 3. The fourth-order valence-corrected chi connectivity index (χ4v) is 1.85. The highest BCUT2D eigenvalue weighted by Crippen LogP contribution is 2.09. The highest BCUT2D eigenvalue weighted by Gasteiger charge is 2.18. The molecule has 1 aromatic rings. The van der Waals surface area contributed by atoms with Gasteiger partial charge in [0.05, 0.1) is 0 Å². The lowest BCUT2D eigenvalue weighted by atomic mass is 10.4. The summed E-state index contributed by atoms with van der Waals surface area (Å²) in [4.78, 5) is 17.6. The van der Waals surface area contributed by atoms with E-state index in [0.29, 0.717) is 5.82 Å². The standard InChI is InChI=1S/C10H15N3O2/c14-8-9-11-3-6-13(9)7-10(15)12-4-1-2-5-12/h3,6,14H,1-2,4-5,7-8H2. The number of likely N-dealkylation sites (tertiary alicyclic amines) is 1. The smallest absolute Gasteiger partial charge is 0.242 e. The molecule has 0 radical (unpaired) electrons. The first kappa shape index (κ1) is 10.2. The second-order valence-corrected chi connectivity index (χ2v) is 3.72. The van der Waals surface area contributed by atoms with Crippen molar-refractivity contribution in [3.05, 3.63) is 18.2 Å². The molecule has 0 aliphatic carbocycles. The van der Waals surface area contributed by atoms with Gasteiger partial charge < -0.3 is 14.6 Å². The Labute approximate surface area is 88.3 Å². The molecule has 0 spiro atoms. The first-order chi connectivity index (χ1) is 7.31. The molecule has 5 heteroatoms. The van der Waals surface area contributed by atoms with Crippen molar-refractivity contribution in [1.29, 1.82) is 0 Å². The molecule has 82 valence electrons. The van der Waals surface area contributed by atoms with Crippen LogP contribution in [-0.4, -0.2) is 38.6 Å². The van der Waals surface area contributed by atoms with Crippen molar-refractivity contribution in [3.63, 3.8) is 0 Å². The van der Waals surface area contributed by atoms with Gasteiger partial charge in [0.1, 0.15) is 19.0 Å². The van der Waals surface area contributed by atoms with Crippen LogP contribution in [0.4, 0.5) is 0 Å². The van der Waals surface area contributed by atoms with Gasteiger partial charge in [-0.25, -0.2) is 4.98 Å². The van der Waals surface area contributed by atoms with Crippen LogP contribution in [0.3, 0.4) is 0 Å². The lowest BCUT2D eigenvalue weighted by molar-refractivity contribution is -0.130. The largest absolute Gasteiger partial charge is 0.388 e. The normalized spacial score (nSPS) is 15.9. The molecule has 0 saturated carbocycles. The number of hydrogen-bond donors (Lipinski definition) is 1. The minimum Gasteiger partial charge on any atom is -0.388 e. The van der Waals surface area contributed by atoms with Gasteiger partial charge in [0.2, 0.25) is 5.91 Å². The van der Waals surface area contributed by atoms with Crippen LogP contribution >= 0.6 is 0 Å². The first-order valence-corrected chi connectivity index (χ1v) is 5.20. The molecule has 1 aliphatic heterocycles. The van der Waals surface area contributed by atoms with Crippen LogP contribution in [0.2, 0.25) is 0 Å². The third-order valence-corrected chi connectivity index (χ3v) is 2.71. The number of nitrogens with zero attached hydrogens (tertiary/aromatic N) is 3. The Bertz CT molecular complexity index is 342. The Balaban J connectivity index is 1.98. The van der Waals surface area contributed by atoms with E-state index in [1.54, 1.807) is 17.0 Å². The fourth-order valence-electron chi connectivity index (χ4n) is 1.85. The van der Waals surface area contributed by atoms with Crippen molar-refractivity contribution in [2.75, 3.05) is 13.1 Å². The number of imidazole rings is 1. The molecule has 1 fully saturated rings. The predicted octanol–water partition coefficient (Wildman–Crippen LogP) is -0.00220. The molecule has 0 aromatic carbocycles. The quantitative estimate of drug-likeness (QED) is 0.762. The molecule has 0 bridgehead atoms. The first-order valence-electron chi connectivity index (χ1n) is 5.20. The predicted molar refractivity (Wildman–Crippen MR) is 54.0 cm³/mol. The van der Waals surface area contributed by atoms with Gasteiger partial charge in [0, 0.05) is 25.5 Å². The molecular weight excluding hydrogens is 194 g/mol. The number of carbonyl (C=O) groups is 1. The highest BCUT2D eigenvalue weighted by molar-refractivity contribution is 5.76. The average molecular weight is 209 g/mol. The van der Waals surface area contributed by atoms with Gasteiger partial charge >= 0.3 is 0 Å². The molecule has 2 heterocycles. The van der Waals surface area contributed by atoms with E-state index in [0.717, 1.165) is 25.9 Å². The highest BCUT2D eigenvalue weighted by atomic mass is 16.3. The summed E-state index contributed by atoms with van der Waals surface area (Å²) in [6.07, 6.45) is 5.52. The van der Waals surface area contributed by atoms with Crippen LogP contribution in [0.25, 0.3) is 0 Å². The molecule has 1 N–H and O–H groups in total. The van der Waals surface area contributed by atoms with Crippen molar-refractivity contribution >= 4 is 5.91 Å². The van der Waals surface area contributed by atoms with E-state index < -0.39 is 0 Å². The second kappa shape index (κ2) is 4.44. The van der Waals surface area contributed by atoms with Crippen molar-refractivity contribution in [2.45, 2.75) is 26.0 Å². The molecule has 1 amide bonds. The average Bonchev–Trinajstić information content (AvgIpc) is 2.87. The second-order valence-electron chi connectivity index (χ2n) is 3.72. The summed E-state index contributed by atoms with van der Waals surface area (Å²) in [5.41, 5.74) is 0. The summed E-state index contributed by atoms with van der Waals surface area (Å²) < 4.78 is 1.70. The minimum atomic E-state index is -0.125. The van der Waals surface area contributed by atoms with Crippen molar-refractivity contribution in [1.82, 2.24) is 14.5 Å². The SMILES string of the molecule is O=C(Cn1ccnc1CO)N1CCCC1. The summed E-state index contributed by atoms with van der Waals surface area (Å²) in [5.74, 6) is 0.655. The summed E-state index contributed by atoms with van der Waals surface area (Å²) in [7, 11) is 0. The molecule has 15 heavy (non-hydrogen) atoms. The molecule has 5 nitrogen and oxygen atoms in total. The zero-order valence-corrected chi connectivity index (χ0v) is 8.59. The van der Waals surface area contributed by atoms with Crippen LogP contribution in [0.1, 0.15) is 18.7 Å². The number of aliphatic hydroxyl groups excluding tert-OH is 1. The van der Waals surface area contributed by atoms with E-state index in [1.807, 2.05) is 4.90 Å². The number of rotatable bonds is 3. The monoisotopic (exact) mass is 209 g/mol. The summed E-state index contributed by atoms with van der Waals surface area (Å²) in [6.45, 7) is 1.89. The van der Waals surface area contributed by atoms with Gasteiger partial charge in [0.15, 0.2) is 0 Å². The van der Waals surface area contributed by atoms with Gasteiger partial charge in [0.25, 0.3) is 0 Å². The van der Waals surface area contributed by atoms with Crippen LogP contribution in [0, 0.1) is 0 Å². The number of aromatic nitrogens is 2. The molecule has 1 saturated heterocycles. The Morgan fingerprint density at radius 1 is 1.47 bits per heavy atom. The number of aliphatic hydroxyl groups is 1. The third-order valence-electron chi connectivity index (χ3n) is 2.71. The van der Waals surface area contributed by atoms with E-state index in [1.165, 1.54) is 0 Å². The number of amides is 1. The topological polar surface area (TPSA) is 58.4 Å². The van der Waals surface area contributed by atoms with E-state index in [-0.39, 0.29) is 19.1 Å². The summed E-state index contributed by atoms with van der Waals surface area (Å²) >= 11 is 0. The molecule has 2 rings (SSSR count). The lowest BCUT2D eigenvalue weighted by Crippen LogP contribution is -2.31. The van der Waals surface area contributed by atoms with Gasteiger partial charge in [-0.3, -0.25) is 4.79 Å². The minimum absolute atomic E-state index is 0.111. The summed E-state index contributed by atoms with van der Waals surface area (Å²) in [6, 6.07) is 0. The van der Waals surface area contributed by atoms with Crippen LogP contribution in [0.15, 0.2) is 12.4 Å². The van der Waals surface area contributed by atoms with Gasteiger partial charge in [-0.2, -0.15) is 0 Å². The Morgan fingerprint density at radius 2 is 2.20 bits per heavy atom. The van der Waals surface area contributed by atoms with Crippen molar-refractivity contribution in [2.24, 2.45) is 0 Å². The molecule has 1 aliphatic rings. The maximum atomic E-state index is 11.8. The van der Waals surface area contributed by atoms with Gasteiger partial charge in [-0.15, -0.1) is 0 Å². The van der Waals surface area contributed by atoms with Crippen LogP contribution in [0.5, 0.6) is 0 Å². The maximum absolute atomic E-state index is 11.8. The van der Waals surface area contributed by atoms with Gasteiger partial charge in [-0.1, -0.05) is 0 Å². The Hall–Kier alpha value is -1.36. The fraction of sp³-hybridized carbons (Fsp3) is 0.600. The van der Waals surface area contributed by atoms with E-state index in [9.17, 15) is 4.79 Å². The van der Waals surface area contributed by atoms with E-state index in [2.05, 4.69) is 4.98 Å². The van der Waals surface area contributed by atoms with E-state index in [4.69, 9.17) is 5.11 Å². The van der Waals surface area contributed by atoms with Crippen LogP contribution < -0.4 is 0 Å². The molecule has 0 atom stereocenters. The molecular formula is C10H15N3O2. The van der Waals surface area contributed by atoms with Gasteiger partial charge in [-0.05, 0) is 12.8 Å². The molecule has 1 aromatic heterocycles. The van der Waals surface area contributed by atoms with E-state index >= 15 is 0 Å². The Kier molecular flexibility index (Phi) is 3.01. The third kappa shape index (κ3) is 2.18. The van der Waals surface area contributed by atoms with Crippen molar-refractivity contribution < 1.29 is 9.90 Å². The lowest BCUT2D eigenvalue weighted by Gasteiger charge is -2.16. The maximum Gasteiger partial charge on any atom is 0.242 e. The molecule has 0 unspecified atom stereocenters. The zero-order valence-electron chi connectivity index (χ0n) is 8.59. The Morgan fingerprint density at radius 3 is 2.87 bits per heavy atom. The van der Waals surface area contributed by atoms with Crippen molar-refractivity contribution in [3.8, 4) is 0 Å².